The van der Waals surface area contributed by atoms with Crippen LogP contribution in [0.4, 0.5) is 4.79 Å². The van der Waals surface area contributed by atoms with Crippen molar-refractivity contribution in [2.24, 2.45) is 0 Å². The van der Waals surface area contributed by atoms with Gasteiger partial charge in [-0.25, -0.2) is 4.79 Å². The van der Waals surface area contributed by atoms with Gasteiger partial charge in [-0.15, -0.1) is 0 Å². The predicted octanol–water partition coefficient (Wildman–Crippen LogP) is 1.48. The Labute approximate surface area is 104 Å². The SMILES string of the molecule is CC.CC(C)OC(=O)NCCN1CCOCC1. The van der Waals surface area contributed by atoms with Crippen molar-refractivity contribution in [3.05, 3.63) is 0 Å². The van der Waals surface area contributed by atoms with E-state index in [1.165, 1.54) is 0 Å². The summed E-state index contributed by atoms with van der Waals surface area (Å²) < 4.78 is 10.2. The minimum atomic E-state index is -0.335. The number of nitrogens with one attached hydrogen (secondary N) is 1. The van der Waals surface area contributed by atoms with Gasteiger partial charge >= 0.3 is 6.09 Å². The van der Waals surface area contributed by atoms with Gasteiger partial charge in [-0.3, -0.25) is 4.90 Å². The van der Waals surface area contributed by atoms with Crippen molar-refractivity contribution in [3.8, 4) is 0 Å². The molecule has 0 atom stereocenters. The Kier molecular flexibility index (Phi) is 9.86. The lowest BCUT2D eigenvalue weighted by Gasteiger charge is -2.26. The molecule has 1 N–H and O–H groups in total. The fraction of sp³-hybridized carbons (Fsp3) is 0.917. The molecule has 1 amide bonds. The lowest BCUT2D eigenvalue weighted by atomic mass is 10.4. The van der Waals surface area contributed by atoms with E-state index in [0.29, 0.717) is 6.54 Å². The second kappa shape index (κ2) is 10.4. The van der Waals surface area contributed by atoms with Gasteiger partial charge in [-0.05, 0) is 13.8 Å². The van der Waals surface area contributed by atoms with Crippen molar-refractivity contribution in [3.63, 3.8) is 0 Å². The van der Waals surface area contributed by atoms with E-state index in [1.54, 1.807) is 0 Å². The number of morpholine rings is 1. The van der Waals surface area contributed by atoms with Crippen LogP contribution in [-0.4, -0.2) is 56.5 Å². The second-order valence-electron chi connectivity index (χ2n) is 3.83. The summed E-state index contributed by atoms with van der Waals surface area (Å²) >= 11 is 0. The molecular formula is C12H26N2O3. The fourth-order valence-electron chi connectivity index (χ4n) is 1.40. The van der Waals surface area contributed by atoms with Crippen molar-refractivity contribution in [2.75, 3.05) is 39.4 Å². The summed E-state index contributed by atoms with van der Waals surface area (Å²) in [6, 6.07) is 0. The zero-order valence-corrected chi connectivity index (χ0v) is 11.5. The number of hydrogen-bond acceptors (Lipinski definition) is 4. The molecule has 0 saturated carbocycles. The quantitative estimate of drug-likeness (QED) is 0.816. The molecule has 1 heterocycles. The maximum absolute atomic E-state index is 11.1. The highest BCUT2D eigenvalue weighted by atomic mass is 16.6. The molecule has 1 fully saturated rings. The lowest BCUT2D eigenvalue weighted by molar-refractivity contribution is 0.0380. The number of carbonyl (C=O) groups excluding carboxylic acids is 1. The van der Waals surface area contributed by atoms with Gasteiger partial charge in [0.1, 0.15) is 0 Å². The van der Waals surface area contributed by atoms with Gasteiger partial charge in [-0.1, -0.05) is 13.8 Å². The third-order valence-corrected chi connectivity index (χ3v) is 2.14. The summed E-state index contributed by atoms with van der Waals surface area (Å²) in [6.07, 6.45) is -0.397. The summed E-state index contributed by atoms with van der Waals surface area (Å²) in [6.45, 7) is 12.6. The highest BCUT2D eigenvalue weighted by Crippen LogP contribution is 1.95. The minimum absolute atomic E-state index is 0.0617. The average molecular weight is 246 g/mol. The van der Waals surface area contributed by atoms with Gasteiger partial charge in [-0.2, -0.15) is 0 Å². The third-order valence-electron chi connectivity index (χ3n) is 2.14. The van der Waals surface area contributed by atoms with Crippen LogP contribution >= 0.6 is 0 Å². The van der Waals surface area contributed by atoms with Crippen LogP contribution in [0.2, 0.25) is 0 Å². The largest absolute Gasteiger partial charge is 0.447 e. The van der Waals surface area contributed by atoms with E-state index in [0.717, 1.165) is 32.8 Å². The molecular weight excluding hydrogens is 220 g/mol. The normalized spacial score (nSPS) is 16.1. The fourth-order valence-corrected chi connectivity index (χ4v) is 1.40. The van der Waals surface area contributed by atoms with Crippen molar-refractivity contribution < 1.29 is 14.3 Å². The summed E-state index contributed by atoms with van der Waals surface area (Å²) in [5.41, 5.74) is 0. The van der Waals surface area contributed by atoms with E-state index in [2.05, 4.69) is 10.2 Å². The van der Waals surface area contributed by atoms with Gasteiger partial charge in [0.2, 0.25) is 0 Å². The monoisotopic (exact) mass is 246 g/mol. The summed E-state index contributed by atoms with van der Waals surface area (Å²) in [5, 5.41) is 2.72. The van der Waals surface area contributed by atoms with E-state index in [-0.39, 0.29) is 12.2 Å². The van der Waals surface area contributed by atoms with Crippen LogP contribution in [0.5, 0.6) is 0 Å². The van der Waals surface area contributed by atoms with Crippen LogP contribution < -0.4 is 5.32 Å². The molecule has 1 rings (SSSR count). The molecule has 102 valence electrons. The van der Waals surface area contributed by atoms with E-state index >= 15 is 0 Å². The third kappa shape index (κ3) is 8.94. The van der Waals surface area contributed by atoms with E-state index in [4.69, 9.17) is 9.47 Å². The van der Waals surface area contributed by atoms with Gasteiger partial charge < -0.3 is 14.8 Å². The Morgan fingerprint density at radius 3 is 2.47 bits per heavy atom. The molecule has 1 aliphatic rings. The maximum Gasteiger partial charge on any atom is 0.407 e. The molecule has 17 heavy (non-hydrogen) atoms. The summed E-state index contributed by atoms with van der Waals surface area (Å²) in [4.78, 5) is 13.4. The zero-order valence-electron chi connectivity index (χ0n) is 11.5. The van der Waals surface area contributed by atoms with Crippen LogP contribution in [0.15, 0.2) is 0 Å². The van der Waals surface area contributed by atoms with E-state index < -0.39 is 0 Å². The van der Waals surface area contributed by atoms with Crippen molar-refractivity contribution in [1.82, 2.24) is 10.2 Å². The van der Waals surface area contributed by atoms with Gasteiger partial charge in [0.15, 0.2) is 0 Å². The number of nitrogens with zero attached hydrogens (tertiary/aromatic N) is 1. The van der Waals surface area contributed by atoms with Gasteiger partial charge in [0.25, 0.3) is 0 Å². The molecule has 0 aromatic heterocycles. The Bertz CT molecular complexity index is 192. The molecule has 0 aliphatic carbocycles. The molecule has 0 radical (unpaired) electrons. The highest BCUT2D eigenvalue weighted by Gasteiger charge is 2.10. The smallest absolute Gasteiger partial charge is 0.407 e. The van der Waals surface area contributed by atoms with E-state index in [9.17, 15) is 4.79 Å². The van der Waals surface area contributed by atoms with E-state index in [1.807, 2.05) is 27.7 Å². The molecule has 1 saturated heterocycles. The number of amides is 1. The predicted molar refractivity (Wildman–Crippen MR) is 68.2 cm³/mol. The van der Waals surface area contributed by atoms with Crippen LogP contribution in [-0.2, 0) is 9.47 Å². The molecule has 1 aliphatic heterocycles. The topological polar surface area (TPSA) is 50.8 Å². The number of ether oxygens (including phenoxy) is 2. The molecule has 0 aromatic carbocycles. The Balaban J connectivity index is 0.00000121. The lowest BCUT2D eigenvalue weighted by Crippen LogP contribution is -2.41. The van der Waals surface area contributed by atoms with Crippen LogP contribution in [0.1, 0.15) is 27.7 Å². The number of alkyl carbamates (subject to hydrolysis) is 1. The average Bonchev–Trinajstić information content (AvgIpc) is 2.32. The maximum atomic E-state index is 11.1. The first kappa shape index (κ1) is 16.2. The molecule has 0 bridgehead atoms. The number of rotatable bonds is 4. The highest BCUT2D eigenvalue weighted by molar-refractivity contribution is 5.67. The molecule has 0 spiro atoms. The number of carbonyl (C=O) groups is 1. The molecule has 5 nitrogen and oxygen atoms in total. The van der Waals surface area contributed by atoms with Crippen LogP contribution in [0, 0.1) is 0 Å². The Hall–Kier alpha value is -0.810. The molecule has 0 unspecified atom stereocenters. The Morgan fingerprint density at radius 1 is 1.35 bits per heavy atom. The Morgan fingerprint density at radius 2 is 1.94 bits per heavy atom. The zero-order chi connectivity index (χ0) is 13.1. The standard InChI is InChI=1S/C10H20N2O3.C2H6/c1-9(2)15-10(13)11-3-4-12-5-7-14-8-6-12;1-2/h9H,3-8H2,1-2H3,(H,11,13);1-2H3. The number of hydrogen-bond donors (Lipinski definition) is 1. The van der Waals surface area contributed by atoms with Crippen molar-refractivity contribution in [2.45, 2.75) is 33.8 Å². The summed E-state index contributed by atoms with van der Waals surface area (Å²) in [7, 11) is 0. The molecule has 5 heteroatoms. The minimum Gasteiger partial charge on any atom is -0.447 e. The first-order valence-electron chi connectivity index (χ1n) is 6.43. The first-order valence-corrected chi connectivity index (χ1v) is 6.43. The summed E-state index contributed by atoms with van der Waals surface area (Å²) in [5.74, 6) is 0. The van der Waals surface area contributed by atoms with Gasteiger partial charge in [0, 0.05) is 26.2 Å². The van der Waals surface area contributed by atoms with Crippen LogP contribution in [0.3, 0.4) is 0 Å². The molecule has 0 aromatic rings. The van der Waals surface area contributed by atoms with Crippen LogP contribution in [0.25, 0.3) is 0 Å². The van der Waals surface area contributed by atoms with Crippen molar-refractivity contribution >= 4 is 6.09 Å². The van der Waals surface area contributed by atoms with Gasteiger partial charge in [0.05, 0.1) is 19.3 Å². The first-order chi connectivity index (χ1) is 8.18. The second-order valence-corrected chi connectivity index (χ2v) is 3.83. The van der Waals surface area contributed by atoms with Crippen molar-refractivity contribution in [1.29, 1.82) is 0 Å².